The lowest BCUT2D eigenvalue weighted by Gasteiger charge is -2.33. The molecule has 1 atom stereocenters. The SMILES string of the molecule is CNC(C(=O)N1CCC(c2nc3ccccc3[nH]2)CC1)c1cnn(C)c1.Cl.Cl. The predicted octanol–water partition coefficient (Wildman–Crippen LogP) is 2.81. The van der Waals surface area contributed by atoms with Crippen molar-refractivity contribution in [3.05, 3.63) is 48.0 Å². The molecule has 4 rings (SSSR count). The van der Waals surface area contributed by atoms with E-state index in [1.165, 1.54) is 0 Å². The first kappa shape index (κ1) is 22.2. The number of likely N-dealkylation sites (N-methyl/N-ethyl adjacent to an activating group) is 1. The number of halogens is 2. The van der Waals surface area contributed by atoms with Crippen molar-refractivity contribution < 1.29 is 4.79 Å². The Morgan fingerprint density at radius 3 is 2.57 bits per heavy atom. The van der Waals surface area contributed by atoms with E-state index in [1.807, 2.05) is 43.4 Å². The minimum atomic E-state index is -0.341. The van der Waals surface area contributed by atoms with E-state index in [0.29, 0.717) is 5.92 Å². The average molecular weight is 425 g/mol. The monoisotopic (exact) mass is 424 g/mol. The predicted molar refractivity (Wildman–Crippen MR) is 114 cm³/mol. The van der Waals surface area contributed by atoms with Crippen molar-refractivity contribution in [2.24, 2.45) is 7.05 Å². The van der Waals surface area contributed by atoms with Gasteiger partial charge in [-0.05, 0) is 32.0 Å². The summed E-state index contributed by atoms with van der Waals surface area (Å²) >= 11 is 0. The van der Waals surface area contributed by atoms with Gasteiger partial charge in [0.25, 0.3) is 0 Å². The van der Waals surface area contributed by atoms with E-state index in [2.05, 4.69) is 21.5 Å². The summed E-state index contributed by atoms with van der Waals surface area (Å²) in [6.45, 7) is 1.50. The molecule has 0 radical (unpaired) electrons. The van der Waals surface area contributed by atoms with Gasteiger partial charge < -0.3 is 15.2 Å². The van der Waals surface area contributed by atoms with E-state index in [1.54, 1.807) is 10.9 Å². The van der Waals surface area contributed by atoms with Gasteiger partial charge in [-0.15, -0.1) is 24.8 Å². The van der Waals surface area contributed by atoms with Crippen molar-refractivity contribution in [2.45, 2.75) is 24.8 Å². The highest BCUT2D eigenvalue weighted by molar-refractivity contribution is 5.85. The van der Waals surface area contributed by atoms with Gasteiger partial charge in [0.2, 0.25) is 5.91 Å². The summed E-state index contributed by atoms with van der Waals surface area (Å²) < 4.78 is 1.72. The van der Waals surface area contributed by atoms with Crippen LogP contribution in [0.3, 0.4) is 0 Å². The third-order valence-electron chi connectivity index (χ3n) is 5.19. The van der Waals surface area contributed by atoms with Gasteiger partial charge in [0, 0.05) is 37.8 Å². The topological polar surface area (TPSA) is 78.8 Å². The number of hydrogen-bond acceptors (Lipinski definition) is 4. The number of hydrogen-bond donors (Lipinski definition) is 2. The molecule has 3 heterocycles. The molecular weight excluding hydrogens is 399 g/mol. The number of imidazole rings is 1. The van der Waals surface area contributed by atoms with E-state index in [-0.39, 0.29) is 36.8 Å². The number of piperidine rings is 1. The number of carbonyl (C=O) groups excluding carboxylic acids is 1. The number of carbonyl (C=O) groups is 1. The number of fused-ring (bicyclic) bond motifs is 1. The summed E-state index contributed by atoms with van der Waals surface area (Å²) in [4.78, 5) is 23.0. The molecule has 3 aromatic rings. The molecule has 0 saturated carbocycles. The first-order valence-electron chi connectivity index (χ1n) is 9.05. The van der Waals surface area contributed by atoms with Crippen molar-refractivity contribution in [3.8, 4) is 0 Å². The normalized spacial score (nSPS) is 15.7. The van der Waals surface area contributed by atoms with Gasteiger partial charge in [-0.25, -0.2) is 4.98 Å². The van der Waals surface area contributed by atoms with Crippen LogP contribution in [0.2, 0.25) is 0 Å². The zero-order chi connectivity index (χ0) is 18.1. The largest absolute Gasteiger partial charge is 0.342 e. The molecule has 9 heteroatoms. The van der Waals surface area contributed by atoms with E-state index in [4.69, 9.17) is 4.98 Å². The van der Waals surface area contributed by atoms with Crippen molar-refractivity contribution in [1.82, 2.24) is 30.0 Å². The fourth-order valence-corrected chi connectivity index (χ4v) is 3.74. The number of amides is 1. The van der Waals surface area contributed by atoms with Gasteiger partial charge in [-0.3, -0.25) is 9.48 Å². The number of nitrogens with one attached hydrogen (secondary N) is 2. The van der Waals surface area contributed by atoms with Gasteiger partial charge in [0.15, 0.2) is 0 Å². The number of aromatic amines is 1. The Balaban J connectivity index is 0.00000140. The molecule has 1 amide bonds. The first-order valence-corrected chi connectivity index (χ1v) is 9.05. The minimum absolute atomic E-state index is 0. The molecule has 1 aliphatic rings. The number of aryl methyl sites for hydroxylation is 1. The van der Waals surface area contributed by atoms with Crippen LogP contribution in [0, 0.1) is 0 Å². The van der Waals surface area contributed by atoms with Crippen LogP contribution < -0.4 is 5.32 Å². The number of likely N-dealkylation sites (tertiary alicyclic amines) is 1. The molecule has 2 N–H and O–H groups in total. The summed E-state index contributed by atoms with van der Waals surface area (Å²) in [5, 5.41) is 7.31. The molecule has 152 valence electrons. The third-order valence-corrected chi connectivity index (χ3v) is 5.19. The summed E-state index contributed by atoms with van der Waals surface area (Å²) in [6.07, 6.45) is 5.49. The molecule has 1 unspecified atom stereocenters. The van der Waals surface area contributed by atoms with Crippen LogP contribution in [0.25, 0.3) is 11.0 Å². The van der Waals surface area contributed by atoms with Crippen molar-refractivity contribution in [1.29, 1.82) is 0 Å². The second-order valence-electron chi connectivity index (χ2n) is 6.91. The van der Waals surface area contributed by atoms with Crippen LogP contribution in [0.4, 0.5) is 0 Å². The number of benzene rings is 1. The maximum atomic E-state index is 12.9. The highest BCUT2D eigenvalue weighted by Gasteiger charge is 2.30. The number of H-pyrrole nitrogens is 1. The molecule has 1 saturated heterocycles. The van der Waals surface area contributed by atoms with Crippen LogP contribution in [-0.2, 0) is 11.8 Å². The Morgan fingerprint density at radius 2 is 1.96 bits per heavy atom. The number of para-hydroxylation sites is 2. The summed E-state index contributed by atoms with van der Waals surface area (Å²) in [6, 6.07) is 7.76. The van der Waals surface area contributed by atoms with E-state index >= 15 is 0 Å². The van der Waals surface area contributed by atoms with E-state index < -0.39 is 0 Å². The van der Waals surface area contributed by atoms with Gasteiger partial charge in [0.1, 0.15) is 11.9 Å². The molecule has 1 fully saturated rings. The molecule has 7 nitrogen and oxygen atoms in total. The highest BCUT2D eigenvalue weighted by Crippen LogP contribution is 2.29. The maximum Gasteiger partial charge on any atom is 0.244 e. The number of nitrogens with zero attached hydrogens (tertiary/aromatic N) is 4. The van der Waals surface area contributed by atoms with Crippen molar-refractivity contribution in [2.75, 3.05) is 20.1 Å². The molecule has 0 aliphatic carbocycles. The lowest BCUT2D eigenvalue weighted by Crippen LogP contribution is -2.43. The quantitative estimate of drug-likeness (QED) is 0.674. The molecular formula is C19H26Cl2N6O. The Bertz CT molecular complexity index is 883. The zero-order valence-corrected chi connectivity index (χ0v) is 17.6. The molecule has 1 aromatic carbocycles. The van der Waals surface area contributed by atoms with Gasteiger partial charge >= 0.3 is 0 Å². The first-order chi connectivity index (χ1) is 12.7. The second kappa shape index (κ2) is 9.41. The van der Waals surface area contributed by atoms with Crippen LogP contribution in [0.15, 0.2) is 36.7 Å². The fraction of sp³-hybridized carbons (Fsp3) is 0.421. The smallest absolute Gasteiger partial charge is 0.244 e. The minimum Gasteiger partial charge on any atom is -0.342 e. The van der Waals surface area contributed by atoms with Gasteiger partial charge in [0.05, 0.1) is 17.2 Å². The van der Waals surface area contributed by atoms with Crippen LogP contribution >= 0.6 is 24.8 Å². The third kappa shape index (κ3) is 4.32. The highest BCUT2D eigenvalue weighted by atomic mass is 35.5. The summed E-state index contributed by atoms with van der Waals surface area (Å²) in [7, 11) is 3.68. The van der Waals surface area contributed by atoms with E-state index in [0.717, 1.165) is 48.4 Å². The van der Waals surface area contributed by atoms with Crippen LogP contribution in [0.1, 0.15) is 36.2 Å². The van der Waals surface area contributed by atoms with Gasteiger partial charge in [-0.2, -0.15) is 5.10 Å². The molecule has 0 spiro atoms. The van der Waals surface area contributed by atoms with Gasteiger partial charge in [-0.1, -0.05) is 12.1 Å². The number of rotatable bonds is 4. The maximum absolute atomic E-state index is 12.9. The van der Waals surface area contributed by atoms with E-state index in [9.17, 15) is 4.79 Å². The molecule has 1 aliphatic heterocycles. The molecule has 2 aromatic heterocycles. The van der Waals surface area contributed by atoms with Crippen LogP contribution in [-0.4, -0.2) is 50.7 Å². The lowest BCUT2D eigenvalue weighted by molar-refractivity contribution is -0.134. The van der Waals surface area contributed by atoms with Crippen molar-refractivity contribution in [3.63, 3.8) is 0 Å². The summed E-state index contributed by atoms with van der Waals surface area (Å²) in [5.74, 6) is 1.53. The Labute approximate surface area is 176 Å². The Hall–Kier alpha value is -2.09. The second-order valence-corrected chi connectivity index (χ2v) is 6.91. The summed E-state index contributed by atoms with van der Waals surface area (Å²) in [5.41, 5.74) is 2.99. The standard InChI is InChI=1S/C19H24N6O.2ClH/c1-20-17(14-11-21-24(2)12-14)19(26)25-9-7-13(8-10-25)18-22-15-5-3-4-6-16(15)23-18;;/h3-6,11-13,17,20H,7-10H2,1-2H3,(H,22,23);2*1H. The van der Waals surface area contributed by atoms with Crippen LogP contribution in [0.5, 0.6) is 0 Å². The fourth-order valence-electron chi connectivity index (χ4n) is 3.74. The average Bonchev–Trinajstić information content (AvgIpc) is 3.28. The lowest BCUT2D eigenvalue weighted by atomic mass is 9.95. The molecule has 28 heavy (non-hydrogen) atoms. The zero-order valence-electron chi connectivity index (χ0n) is 16.0. The van der Waals surface area contributed by atoms with Crippen molar-refractivity contribution >= 4 is 41.8 Å². The molecule has 0 bridgehead atoms. The Morgan fingerprint density at radius 1 is 1.25 bits per heavy atom. The number of aromatic nitrogens is 4. The Kier molecular flexibility index (Phi) is 7.46.